The van der Waals surface area contributed by atoms with Gasteiger partial charge < -0.3 is 5.32 Å². The van der Waals surface area contributed by atoms with Crippen LogP contribution in [0.2, 0.25) is 0 Å². The van der Waals surface area contributed by atoms with Gasteiger partial charge in [0.2, 0.25) is 0 Å². The van der Waals surface area contributed by atoms with Crippen molar-refractivity contribution in [2.75, 3.05) is 11.6 Å². The quantitative estimate of drug-likeness (QED) is 0.517. The van der Waals surface area contributed by atoms with Gasteiger partial charge in [-0.05, 0) is 24.5 Å². The van der Waals surface area contributed by atoms with E-state index in [0.717, 1.165) is 16.6 Å². The van der Waals surface area contributed by atoms with Crippen molar-refractivity contribution >= 4 is 28.8 Å². The Balaban J connectivity index is 2.35. The maximum atomic E-state index is 13.3. The zero-order valence-corrected chi connectivity index (χ0v) is 10.9. The predicted octanol–water partition coefficient (Wildman–Crippen LogP) is 4.20. The summed E-state index contributed by atoms with van der Waals surface area (Å²) in [6, 6.07) is 10.9. The molecule has 1 N–H and O–H groups in total. The Kier molecular flexibility index (Phi) is 4.01. The number of hydrogen-bond acceptors (Lipinski definition) is 4. The van der Waals surface area contributed by atoms with Crippen molar-refractivity contribution in [2.24, 2.45) is 0 Å². The van der Waals surface area contributed by atoms with Crippen LogP contribution in [-0.2, 0) is 0 Å². The van der Waals surface area contributed by atoms with Crippen molar-refractivity contribution in [3.05, 3.63) is 58.4 Å². The molecule has 0 aliphatic carbocycles. The molecule has 0 unspecified atom stereocenters. The third-order valence-electron chi connectivity index (χ3n) is 2.48. The van der Waals surface area contributed by atoms with Crippen LogP contribution in [0.5, 0.6) is 0 Å². The van der Waals surface area contributed by atoms with Crippen LogP contribution >= 0.6 is 11.8 Å². The van der Waals surface area contributed by atoms with Gasteiger partial charge in [0, 0.05) is 16.6 Å². The van der Waals surface area contributed by atoms with E-state index in [1.165, 1.54) is 23.9 Å². The summed E-state index contributed by atoms with van der Waals surface area (Å²) in [5, 5.41) is 13.7. The van der Waals surface area contributed by atoms with Gasteiger partial charge in [-0.25, -0.2) is 4.39 Å². The first-order valence-electron chi connectivity index (χ1n) is 5.45. The number of halogens is 1. The third-order valence-corrected chi connectivity index (χ3v) is 3.28. The molecule has 0 saturated heterocycles. The lowest BCUT2D eigenvalue weighted by atomic mass is 10.2. The number of nitrogens with zero attached hydrogens (tertiary/aromatic N) is 1. The SMILES string of the molecule is CSc1ccccc1Nc1cc(F)cc([N+](=O)[O-])c1. The van der Waals surface area contributed by atoms with Crippen molar-refractivity contribution in [3.8, 4) is 0 Å². The van der Waals surface area contributed by atoms with Gasteiger partial charge in [0.25, 0.3) is 5.69 Å². The van der Waals surface area contributed by atoms with Crippen molar-refractivity contribution in [3.63, 3.8) is 0 Å². The Morgan fingerprint density at radius 3 is 2.68 bits per heavy atom. The minimum absolute atomic E-state index is 0.274. The number of benzene rings is 2. The fraction of sp³-hybridized carbons (Fsp3) is 0.0769. The van der Waals surface area contributed by atoms with Gasteiger partial charge in [-0.2, -0.15) is 0 Å². The normalized spacial score (nSPS) is 10.2. The highest BCUT2D eigenvalue weighted by Gasteiger charge is 2.10. The standard InChI is InChI=1S/C13H11FN2O2S/c1-19-13-5-3-2-4-12(13)15-10-6-9(14)7-11(8-10)16(17)18/h2-8,15H,1H3. The number of anilines is 2. The van der Waals surface area contributed by atoms with Crippen LogP contribution < -0.4 is 5.32 Å². The number of nitro groups is 1. The third kappa shape index (κ3) is 3.23. The molecule has 19 heavy (non-hydrogen) atoms. The van der Waals surface area contributed by atoms with Crippen LogP contribution in [0.1, 0.15) is 0 Å². The summed E-state index contributed by atoms with van der Waals surface area (Å²) in [4.78, 5) is 11.1. The molecule has 0 amide bonds. The number of thioether (sulfide) groups is 1. The number of para-hydroxylation sites is 1. The van der Waals surface area contributed by atoms with Crippen LogP contribution in [0.4, 0.5) is 21.5 Å². The molecular weight excluding hydrogens is 267 g/mol. The molecule has 0 bridgehead atoms. The van der Waals surface area contributed by atoms with Crippen molar-refractivity contribution in [2.45, 2.75) is 4.90 Å². The number of rotatable bonds is 4. The Morgan fingerprint density at radius 1 is 1.26 bits per heavy atom. The zero-order chi connectivity index (χ0) is 13.8. The van der Waals surface area contributed by atoms with Gasteiger partial charge in [0.15, 0.2) is 0 Å². The highest BCUT2D eigenvalue weighted by atomic mass is 32.2. The maximum Gasteiger partial charge on any atom is 0.274 e. The number of nitrogens with one attached hydrogen (secondary N) is 1. The Bertz CT molecular complexity index is 619. The van der Waals surface area contributed by atoms with Crippen LogP contribution in [0.25, 0.3) is 0 Å². The van der Waals surface area contributed by atoms with Gasteiger partial charge in [-0.15, -0.1) is 11.8 Å². The zero-order valence-electron chi connectivity index (χ0n) is 10.1. The molecule has 0 atom stereocenters. The van der Waals surface area contributed by atoms with Crippen LogP contribution in [-0.4, -0.2) is 11.2 Å². The summed E-state index contributed by atoms with van der Waals surface area (Å²) in [5.41, 5.74) is 0.868. The highest BCUT2D eigenvalue weighted by Crippen LogP contribution is 2.29. The van der Waals surface area contributed by atoms with E-state index in [0.29, 0.717) is 5.69 Å². The van der Waals surface area contributed by atoms with E-state index in [4.69, 9.17) is 0 Å². The van der Waals surface area contributed by atoms with Crippen molar-refractivity contribution < 1.29 is 9.31 Å². The average Bonchev–Trinajstić information content (AvgIpc) is 2.38. The minimum atomic E-state index is -0.640. The molecule has 0 aliphatic heterocycles. The summed E-state index contributed by atoms with van der Waals surface area (Å²) in [7, 11) is 0. The predicted molar refractivity (Wildman–Crippen MR) is 74.6 cm³/mol. The second-order valence-electron chi connectivity index (χ2n) is 3.78. The van der Waals surface area contributed by atoms with Crippen molar-refractivity contribution in [1.82, 2.24) is 0 Å². The minimum Gasteiger partial charge on any atom is -0.354 e. The Morgan fingerprint density at radius 2 is 2.00 bits per heavy atom. The lowest BCUT2D eigenvalue weighted by molar-refractivity contribution is -0.385. The van der Waals surface area contributed by atoms with Gasteiger partial charge >= 0.3 is 0 Å². The van der Waals surface area contributed by atoms with Gasteiger partial charge in [-0.3, -0.25) is 10.1 Å². The van der Waals surface area contributed by atoms with Crippen LogP contribution in [0.3, 0.4) is 0 Å². The summed E-state index contributed by atoms with van der Waals surface area (Å²) < 4.78 is 13.3. The molecule has 0 aliphatic rings. The lowest BCUT2D eigenvalue weighted by Crippen LogP contribution is -1.95. The first-order valence-corrected chi connectivity index (χ1v) is 6.67. The summed E-state index contributed by atoms with van der Waals surface area (Å²) in [6.45, 7) is 0. The first-order chi connectivity index (χ1) is 9.10. The van der Waals surface area contributed by atoms with E-state index in [1.807, 2.05) is 30.5 Å². The topological polar surface area (TPSA) is 55.2 Å². The Labute approximate surface area is 113 Å². The van der Waals surface area contributed by atoms with E-state index >= 15 is 0 Å². The molecule has 0 heterocycles. The fourth-order valence-electron chi connectivity index (χ4n) is 1.66. The smallest absolute Gasteiger partial charge is 0.274 e. The van der Waals surface area contributed by atoms with Gasteiger partial charge in [-0.1, -0.05) is 12.1 Å². The van der Waals surface area contributed by atoms with Gasteiger partial charge in [0.1, 0.15) is 5.82 Å². The molecule has 0 radical (unpaired) electrons. The van der Waals surface area contributed by atoms with E-state index < -0.39 is 10.7 Å². The summed E-state index contributed by atoms with van der Waals surface area (Å²) in [5.74, 6) is -0.640. The molecule has 6 heteroatoms. The van der Waals surface area contributed by atoms with Crippen LogP contribution in [0, 0.1) is 15.9 Å². The molecule has 0 fully saturated rings. The molecule has 4 nitrogen and oxygen atoms in total. The van der Waals surface area contributed by atoms with Crippen LogP contribution in [0.15, 0.2) is 47.4 Å². The molecule has 0 saturated carbocycles. The van der Waals surface area contributed by atoms with E-state index in [-0.39, 0.29) is 5.69 Å². The molecule has 0 spiro atoms. The highest BCUT2D eigenvalue weighted by molar-refractivity contribution is 7.98. The molecule has 2 aromatic carbocycles. The van der Waals surface area contributed by atoms with Gasteiger partial charge in [0.05, 0.1) is 16.7 Å². The first kappa shape index (κ1) is 13.4. The second-order valence-corrected chi connectivity index (χ2v) is 4.63. The van der Waals surface area contributed by atoms with E-state index in [2.05, 4.69) is 5.32 Å². The fourth-order valence-corrected chi connectivity index (χ4v) is 2.21. The molecule has 2 rings (SSSR count). The number of nitro benzene ring substituents is 1. The summed E-state index contributed by atoms with van der Waals surface area (Å²) >= 11 is 1.54. The molecule has 2 aromatic rings. The lowest BCUT2D eigenvalue weighted by Gasteiger charge is -2.10. The molecular formula is C13H11FN2O2S. The Hall–Kier alpha value is -2.08. The van der Waals surface area contributed by atoms with Crippen molar-refractivity contribution in [1.29, 1.82) is 0 Å². The molecule has 98 valence electrons. The number of hydrogen-bond donors (Lipinski definition) is 1. The summed E-state index contributed by atoms with van der Waals surface area (Å²) in [6.07, 6.45) is 1.93. The molecule has 0 aromatic heterocycles. The van der Waals surface area contributed by atoms with E-state index in [9.17, 15) is 14.5 Å². The average molecular weight is 278 g/mol. The van der Waals surface area contributed by atoms with E-state index in [1.54, 1.807) is 0 Å². The largest absolute Gasteiger partial charge is 0.354 e. The monoisotopic (exact) mass is 278 g/mol. The number of non-ortho nitro benzene ring substituents is 1. The maximum absolute atomic E-state index is 13.3. The second kappa shape index (κ2) is 5.71.